The quantitative estimate of drug-likeness (QED) is 0.830. The van der Waals surface area contributed by atoms with E-state index in [9.17, 15) is 4.79 Å². The Morgan fingerprint density at radius 1 is 1.46 bits per heavy atom. The minimum absolute atomic E-state index is 0.155. The number of nitrogens with zero attached hydrogens (tertiary/aromatic N) is 3. The molecule has 0 radical (unpaired) electrons. The predicted molar refractivity (Wildman–Crippen MR) is 99.6 cm³/mol. The Morgan fingerprint density at radius 2 is 2.31 bits per heavy atom. The molecule has 2 atom stereocenters. The third kappa shape index (κ3) is 5.00. The summed E-state index contributed by atoms with van der Waals surface area (Å²) in [5.41, 5.74) is 1.37. The maximum Gasteiger partial charge on any atom is 0.271 e. The van der Waals surface area contributed by atoms with E-state index in [1.165, 1.54) is 11.3 Å². The summed E-state index contributed by atoms with van der Waals surface area (Å²) in [4.78, 5) is 23.2. The van der Waals surface area contributed by atoms with Crippen LogP contribution in [0.3, 0.4) is 0 Å². The lowest BCUT2D eigenvalue weighted by molar-refractivity contribution is -0.00307. The largest absolute Gasteiger partial charge is 0.486 e. The average molecular weight is 376 g/mol. The monoisotopic (exact) mass is 376 g/mol. The SMILES string of the molecule is Cc1ccc(O[C@H]2CCOC[C@H]2NC(=O)c2csc(CN(C)C)n2)cn1. The number of amides is 1. The molecule has 2 aromatic heterocycles. The van der Waals surface area contributed by atoms with Crippen LogP contribution in [0.25, 0.3) is 0 Å². The zero-order valence-corrected chi connectivity index (χ0v) is 16.1. The first-order valence-corrected chi connectivity index (χ1v) is 9.46. The zero-order chi connectivity index (χ0) is 18.5. The van der Waals surface area contributed by atoms with Crippen LogP contribution >= 0.6 is 11.3 Å². The van der Waals surface area contributed by atoms with Gasteiger partial charge in [-0.2, -0.15) is 0 Å². The van der Waals surface area contributed by atoms with Gasteiger partial charge < -0.3 is 19.7 Å². The van der Waals surface area contributed by atoms with Gasteiger partial charge in [-0.3, -0.25) is 9.78 Å². The van der Waals surface area contributed by atoms with Gasteiger partial charge in [0.25, 0.3) is 5.91 Å². The van der Waals surface area contributed by atoms with Crippen LogP contribution in [0.2, 0.25) is 0 Å². The number of thiazole rings is 1. The normalized spacial score (nSPS) is 20.2. The van der Waals surface area contributed by atoms with Crippen molar-refractivity contribution in [2.24, 2.45) is 0 Å². The number of rotatable bonds is 6. The van der Waals surface area contributed by atoms with E-state index >= 15 is 0 Å². The highest BCUT2D eigenvalue weighted by molar-refractivity contribution is 7.09. The number of hydrogen-bond acceptors (Lipinski definition) is 7. The fraction of sp³-hybridized carbons (Fsp3) is 0.500. The fourth-order valence-corrected chi connectivity index (χ4v) is 3.58. The molecule has 1 aliphatic heterocycles. The Bertz CT molecular complexity index is 732. The topological polar surface area (TPSA) is 76.6 Å². The van der Waals surface area contributed by atoms with Crippen molar-refractivity contribution in [3.05, 3.63) is 40.1 Å². The average Bonchev–Trinajstić information content (AvgIpc) is 3.06. The Balaban J connectivity index is 1.63. The van der Waals surface area contributed by atoms with Gasteiger partial charge in [0.15, 0.2) is 0 Å². The number of hydrogen-bond donors (Lipinski definition) is 1. The van der Waals surface area contributed by atoms with Crippen LogP contribution in [-0.2, 0) is 11.3 Å². The van der Waals surface area contributed by atoms with Crippen molar-refractivity contribution in [1.29, 1.82) is 0 Å². The molecule has 0 spiro atoms. The standard InChI is InChI=1S/C18H24N4O3S/c1-12-4-5-13(8-19-12)25-16-6-7-24-10-14(16)21-18(23)15-11-26-17(20-15)9-22(2)3/h4-5,8,11,14,16H,6-7,9-10H2,1-3H3,(H,21,23)/t14-,16+/m1/s1. The number of carbonyl (C=O) groups excluding carboxylic acids is 1. The third-order valence-electron chi connectivity index (χ3n) is 4.02. The second-order valence-corrected chi connectivity index (χ2v) is 7.54. The number of aromatic nitrogens is 2. The second kappa shape index (κ2) is 8.57. The molecular weight excluding hydrogens is 352 g/mol. The van der Waals surface area contributed by atoms with Gasteiger partial charge in [-0.25, -0.2) is 4.98 Å². The molecular formula is C18H24N4O3S. The van der Waals surface area contributed by atoms with Gasteiger partial charge in [0, 0.05) is 24.0 Å². The number of aryl methyl sites for hydroxylation is 1. The Labute approximate surface area is 157 Å². The molecule has 1 aliphatic rings. The highest BCUT2D eigenvalue weighted by atomic mass is 32.1. The van der Waals surface area contributed by atoms with Gasteiger partial charge >= 0.3 is 0 Å². The summed E-state index contributed by atoms with van der Waals surface area (Å²) in [5, 5.41) is 5.71. The van der Waals surface area contributed by atoms with Crippen molar-refractivity contribution in [3.8, 4) is 5.75 Å². The van der Waals surface area contributed by atoms with E-state index in [0.717, 1.165) is 17.2 Å². The lowest BCUT2D eigenvalue weighted by atomic mass is 10.1. The van der Waals surface area contributed by atoms with Gasteiger partial charge in [-0.05, 0) is 33.2 Å². The number of pyridine rings is 1. The fourth-order valence-electron chi connectivity index (χ4n) is 2.69. The van der Waals surface area contributed by atoms with Crippen molar-refractivity contribution < 1.29 is 14.3 Å². The summed E-state index contributed by atoms with van der Waals surface area (Å²) in [6.07, 6.45) is 2.26. The van der Waals surface area contributed by atoms with Crippen LogP contribution in [0.1, 0.15) is 27.6 Å². The molecule has 3 heterocycles. The van der Waals surface area contributed by atoms with Crippen molar-refractivity contribution in [3.63, 3.8) is 0 Å². The van der Waals surface area contributed by atoms with Crippen LogP contribution < -0.4 is 10.1 Å². The molecule has 1 amide bonds. The molecule has 7 nitrogen and oxygen atoms in total. The van der Waals surface area contributed by atoms with Gasteiger partial charge in [-0.1, -0.05) is 0 Å². The van der Waals surface area contributed by atoms with E-state index in [1.807, 2.05) is 38.1 Å². The summed E-state index contributed by atoms with van der Waals surface area (Å²) in [6.45, 7) is 3.68. The molecule has 26 heavy (non-hydrogen) atoms. The van der Waals surface area contributed by atoms with E-state index in [2.05, 4.69) is 15.3 Å². The molecule has 0 bridgehead atoms. The summed E-state index contributed by atoms with van der Waals surface area (Å²) in [5.74, 6) is 0.501. The van der Waals surface area contributed by atoms with Crippen LogP contribution in [0.15, 0.2) is 23.7 Å². The molecule has 1 saturated heterocycles. The minimum Gasteiger partial charge on any atom is -0.486 e. The molecule has 0 aliphatic carbocycles. The predicted octanol–water partition coefficient (Wildman–Crippen LogP) is 1.87. The third-order valence-corrected chi connectivity index (χ3v) is 4.85. The van der Waals surface area contributed by atoms with Gasteiger partial charge in [0.1, 0.15) is 22.6 Å². The number of ether oxygens (including phenoxy) is 2. The van der Waals surface area contributed by atoms with Crippen molar-refractivity contribution in [1.82, 2.24) is 20.2 Å². The lowest BCUT2D eigenvalue weighted by Gasteiger charge is -2.32. The van der Waals surface area contributed by atoms with E-state index in [0.29, 0.717) is 31.1 Å². The maximum absolute atomic E-state index is 12.6. The Hall–Kier alpha value is -2.03. The minimum atomic E-state index is -0.225. The first-order chi connectivity index (χ1) is 12.5. The summed E-state index contributed by atoms with van der Waals surface area (Å²) < 4.78 is 11.6. The van der Waals surface area contributed by atoms with E-state index in [4.69, 9.17) is 9.47 Å². The molecule has 0 aromatic carbocycles. The van der Waals surface area contributed by atoms with Crippen LogP contribution in [0.5, 0.6) is 5.75 Å². The van der Waals surface area contributed by atoms with Gasteiger partial charge in [0.05, 0.1) is 25.5 Å². The van der Waals surface area contributed by atoms with E-state index in [-0.39, 0.29) is 18.1 Å². The molecule has 0 unspecified atom stereocenters. The Morgan fingerprint density at radius 3 is 3.04 bits per heavy atom. The zero-order valence-electron chi connectivity index (χ0n) is 15.3. The first-order valence-electron chi connectivity index (χ1n) is 8.58. The first kappa shape index (κ1) is 18.8. The Kier molecular flexibility index (Phi) is 6.18. The summed E-state index contributed by atoms with van der Waals surface area (Å²) in [7, 11) is 3.95. The smallest absolute Gasteiger partial charge is 0.271 e. The summed E-state index contributed by atoms with van der Waals surface area (Å²) in [6, 6.07) is 3.57. The highest BCUT2D eigenvalue weighted by Gasteiger charge is 2.30. The van der Waals surface area contributed by atoms with E-state index < -0.39 is 0 Å². The summed E-state index contributed by atoms with van der Waals surface area (Å²) >= 11 is 1.49. The van der Waals surface area contributed by atoms with Crippen molar-refractivity contribution >= 4 is 17.2 Å². The molecule has 1 fully saturated rings. The molecule has 8 heteroatoms. The molecule has 3 rings (SSSR count). The van der Waals surface area contributed by atoms with Crippen molar-refractivity contribution in [2.45, 2.75) is 32.0 Å². The molecule has 140 valence electrons. The number of carbonyl (C=O) groups is 1. The van der Waals surface area contributed by atoms with Crippen LogP contribution in [-0.4, -0.2) is 60.2 Å². The highest BCUT2D eigenvalue weighted by Crippen LogP contribution is 2.18. The van der Waals surface area contributed by atoms with Crippen molar-refractivity contribution in [2.75, 3.05) is 27.3 Å². The molecule has 1 N–H and O–H groups in total. The van der Waals surface area contributed by atoms with Crippen LogP contribution in [0, 0.1) is 6.92 Å². The maximum atomic E-state index is 12.6. The van der Waals surface area contributed by atoms with Gasteiger partial charge in [-0.15, -0.1) is 11.3 Å². The molecule has 0 saturated carbocycles. The lowest BCUT2D eigenvalue weighted by Crippen LogP contribution is -2.51. The van der Waals surface area contributed by atoms with Gasteiger partial charge in [0.2, 0.25) is 0 Å². The molecule has 2 aromatic rings. The number of nitrogens with one attached hydrogen (secondary N) is 1. The van der Waals surface area contributed by atoms with E-state index in [1.54, 1.807) is 11.6 Å². The van der Waals surface area contributed by atoms with Crippen LogP contribution in [0.4, 0.5) is 0 Å². The second-order valence-electron chi connectivity index (χ2n) is 6.60.